The topological polar surface area (TPSA) is 12.5 Å². The first-order chi connectivity index (χ1) is 7.93. The molecule has 1 fully saturated rings. The van der Waals surface area contributed by atoms with Crippen molar-refractivity contribution in [2.75, 3.05) is 6.61 Å². The van der Waals surface area contributed by atoms with Crippen molar-refractivity contribution in [3.05, 3.63) is 48.0 Å². The predicted molar refractivity (Wildman–Crippen MR) is 68.0 cm³/mol. The Hall–Kier alpha value is -1.38. The third-order valence-corrected chi connectivity index (χ3v) is 4.25. The minimum atomic E-state index is 0.335. The van der Waals surface area contributed by atoms with E-state index in [1.807, 2.05) is 11.3 Å². The summed E-state index contributed by atoms with van der Waals surface area (Å²) in [7, 11) is 0. The Morgan fingerprint density at radius 3 is 2.69 bits per heavy atom. The van der Waals surface area contributed by atoms with Gasteiger partial charge in [-0.05, 0) is 17.7 Å². The van der Waals surface area contributed by atoms with E-state index in [0.29, 0.717) is 6.10 Å². The molecule has 1 atom stereocenters. The summed E-state index contributed by atoms with van der Waals surface area (Å²) in [5.41, 5.74) is 1.36. The Morgan fingerprint density at radius 2 is 1.81 bits per heavy atom. The number of benzene rings is 2. The Balaban J connectivity index is 2.21. The lowest BCUT2D eigenvalue weighted by Gasteiger charge is -1.99. The molecule has 16 heavy (non-hydrogen) atoms. The minimum absolute atomic E-state index is 0.335. The molecule has 0 aliphatic carbocycles. The number of hydrogen-bond donors (Lipinski definition) is 0. The standard InChI is InChI=1S/C14H10OS/c1-2-6-12-10(4-1)14-9(11-8-15-11)5-3-7-13(14)16-12/h1-7,11H,8H2. The van der Waals surface area contributed by atoms with Gasteiger partial charge < -0.3 is 4.74 Å². The quantitative estimate of drug-likeness (QED) is 0.568. The first-order valence-electron chi connectivity index (χ1n) is 5.45. The molecule has 1 saturated heterocycles. The van der Waals surface area contributed by atoms with Crippen LogP contribution in [0.25, 0.3) is 20.2 Å². The summed E-state index contributed by atoms with van der Waals surface area (Å²) in [5, 5.41) is 2.76. The van der Waals surface area contributed by atoms with Crippen LogP contribution in [0.3, 0.4) is 0 Å². The van der Waals surface area contributed by atoms with Gasteiger partial charge in [0.2, 0.25) is 0 Å². The molecule has 0 N–H and O–H groups in total. The van der Waals surface area contributed by atoms with E-state index in [1.54, 1.807) is 0 Å². The summed E-state index contributed by atoms with van der Waals surface area (Å²) < 4.78 is 8.16. The van der Waals surface area contributed by atoms with E-state index in [2.05, 4.69) is 42.5 Å². The highest BCUT2D eigenvalue weighted by Gasteiger charge is 2.27. The normalized spacial score (nSPS) is 19.4. The smallest absolute Gasteiger partial charge is 0.107 e. The van der Waals surface area contributed by atoms with E-state index < -0.39 is 0 Å². The van der Waals surface area contributed by atoms with Gasteiger partial charge in [0.15, 0.2) is 0 Å². The van der Waals surface area contributed by atoms with E-state index in [-0.39, 0.29) is 0 Å². The Morgan fingerprint density at radius 1 is 1.00 bits per heavy atom. The third-order valence-electron chi connectivity index (χ3n) is 3.11. The zero-order valence-corrected chi connectivity index (χ0v) is 9.46. The molecule has 4 rings (SSSR count). The third kappa shape index (κ3) is 1.14. The van der Waals surface area contributed by atoms with Crippen LogP contribution in [0.2, 0.25) is 0 Å². The molecule has 2 aromatic carbocycles. The lowest BCUT2D eigenvalue weighted by molar-refractivity contribution is 0.417. The van der Waals surface area contributed by atoms with E-state index in [9.17, 15) is 0 Å². The maximum Gasteiger partial charge on any atom is 0.107 e. The molecule has 0 bridgehead atoms. The lowest BCUT2D eigenvalue weighted by Crippen LogP contribution is -1.80. The first kappa shape index (κ1) is 8.74. The number of ether oxygens (including phenoxy) is 1. The van der Waals surface area contributed by atoms with Crippen molar-refractivity contribution in [2.45, 2.75) is 6.10 Å². The van der Waals surface area contributed by atoms with Gasteiger partial charge in [-0.2, -0.15) is 0 Å². The number of hydrogen-bond acceptors (Lipinski definition) is 2. The van der Waals surface area contributed by atoms with Gasteiger partial charge in [-0.25, -0.2) is 0 Å². The predicted octanol–water partition coefficient (Wildman–Crippen LogP) is 4.13. The van der Waals surface area contributed by atoms with Gasteiger partial charge >= 0.3 is 0 Å². The SMILES string of the molecule is c1ccc2c(c1)sc1cccc(C3CO3)c12. The Kier molecular flexibility index (Phi) is 1.67. The molecule has 0 saturated carbocycles. The van der Waals surface area contributed by atoms with Crippen LogP contribution in [0.1, 0.15) is 11.7 Å². The van der Waals surface area contributed by atoms with Crippen molar-refractivity contribution < 1.29 is 4.74 Å². The van der Waals surface area contributed by atoms with E-state index in [1.165, 1.54) is 25.7 Å². The van der Waals surface area contributed by atoms with Crippen LogP contribution >= 0.6 is 11.3 Å². The van der Waals surface area contributed by atoms with E-state index in [4.69, 9.17) is 4.74 Å². The van der Waals surface area contributed by atoms with Crippen LogP contribution in [0, 0.1) is 0 Å². The molecule has 3 aromatic rings. The van der Waals surface area contributed by atoms with Crippen LogP contribution in [0.15, 0.2) is 42.5 Å². The van der Waals surface area contributed by atoms with E-state index in [0.717, 1.165) is 6.61 Å². The first-order valence-corrected chi connectivity index (χ1v) is 6.27. The van der Waals surface area contributed by atoms with E-state index >= 15 is 0 Å². The van der Waals surface area contributed by atoms with Crippen molar-refractivity contribution in [1.82, 2.24) is 0 Å². The summed E-state index contributed by atoms with van der Waals surface area (Å²) in [5.74, 6) is 0. The highest BCUT2D eigenvalue weighted by atomic mass is 32.1. The van der Waals surface area contributed by atoms with Gasteiger partial charge in [-0.15, -0.1) is 11.3 Å². The fourth-order valence-electron chi connectivity index (χ4n) is 2.30. The molecule has 1 aliphatic rings. The number of fused-ring (bicyclic) bond motifs is 3. The molecule has 0 amide bonds. The average molecular weight is 226 g/mol. The van der Waals surface area contributed by atoms with Crippen molar-refractivity contribution in [2.24, 2.45) is 0 Å². The summed E-state index contributed by atoms with van der Waals surface area (Å²) in [6.45, 7) is 0.878. The Labute approximate surface area is 97.3 Å². The molecule has 1 unspecified atom stereocenters. The second kappa shape index (κ2) is 3.06. The second-order valence-corrected chi connectivity index (χ2v) is 5.22. The van der Waals surface area contributed by atoms with Crippen molar-refractivity contribution in [3.63, 3.8) is 0 Å². The van der Waals surface area contributed by atoms with Crippen molar-refractivity contribution >= 4 is 31.5 Å². The highest BCUT2D eigenvalue weighted by Crippen LogP contribution is 2.41. The van der Waals surface area contributed by atoms with Crippen molar-refractivity contribution in [3.8, 4) is 0 Å². The molecule has 2 heteroatoms. The van der Waals surface area contributed by atoms with Crippen LogP contribution in [0.5, 0.6) is 0 Å². The second-order valence-electron chi connectivity index (χ2n) is 4.14. The molecule has 1 aromatic heterocycles. The summed E-state index contributed by atoms with van der Waals surface area (Å²) >= 11 is 1.87. The lowest BCUT2D eigenvalue weighted by atomic mass is 10.0. The van der Waals surface area contributed by atoms with Crippen LogP contribution in [0.4, 0.5) is 0 Å². The van der Waals surface area contributed by atoms with Gasteiger partial charge in [-0.3, -0.25) is 0 Å². The molecule has 0 radical (unpaired) electrons. The molecule has 1 aliphatic heterocycles. The molecular formula is C14H10OS. The summed E-state index contributed by atoms with van der Waals surface area (Å²) in [4.78, 5) is 0. The summed E-state index contributed by atoms with van der Waals surface area (Å²) in [6, 6.07) is 15.1. The van der Waals surface area contributed by atoms with Gasteiger partial charge in [0, 0.05) is 20.2 Å². The number of thiophene rings is 1. The molecule has 1 nitrogen and oxygen atoms in total. The van der Waals surface area contributed by atoms with Crippen LogP contribution in [-0.4, -0.2) is 6.61 Å². The average Bonchev–Trinajstić information content (AvgIpc) is 3.09. The zero-order valence-electron chi connectivity index (χ0n) is 8.64. The van der Waals surface area contributed by atoms with Gasteiger partial charge in [0.25, 0.3) is 0 Å². The fourth-order valence-corrected chi connectivity index (χ4v) is 3.44. The van der Waals surface area contributed by atoms with Gasteiger partial charge in [0.05, 0.1) is 6.61 Å². The minimum Gasteiger partial charge on any atom is -0.368 e. The summed E-state index contributed by atoms with van der Waals surface area (Å²) in [6.07, 6.45) is 0.335. The largest absolute Gasteiger partial charge is 0.368 e. The number of rotatable bonds is 1. The van der Waals surface area contributed by atoms with Crippen LogP contribution < -0.4 is 0 Å². The molecule has 2 heterocycles. The molecule has 0 spiro atoms. The number of epoxide rings is 1. The maximum atomic E-state index is 5.43. The van der Waals surface area contributed by atoms with Crippen LogP contribution in [-0.2, 0) is 4.74 Å². The van der Waals surface area contributed by atoms with Gasteiger partial charge in [-0.1, -0.05) is 30.3 Å². The highest BCUT2D eigenvalue weighted by molar-refractivity contribution is 7.25. The fraction of sp³-hybridized carbons (Fsp3) is 0.143. The monoisotopic (exact) mass is 226 g/mol. The molecular weight excluding hydrogens is 216 g/mol. The van der Waals surface area contributed by atoms with Crippen molar-refractivity contribution in [1.29, 1.82) is 0 Å². The maximum absolute atomic E-state index is 5.43. The Bertz CT molecular complexity index is 679. The zero-order chi connectivity index (χ0) is 10.5. The van der Waals surface area contributed by atoms with Gasteiger partial charge in [0.1, 0.15) is 6.10 Å². The molecule has 78 valence electrons.